The highest BCUT2D eigenvalue weighted by Crippen LogP contribution is 2.26. The molecule has 1 aliphatic heterocycles. The van der Waals surface area contributed by atoms with Crippen LogP contribution < -0.4 is 5.73 Å². The molecule has 0 aromatic heterocycles. The van der Waals surface area contributed by atoms with Crippen molar-refractivity contribution in [3.63, 3.8) is 0 Å². The molecule has 21 heavy (non-hydrogen) atoms. The second-order valence-electron chi connectivity index (χ2n) is 5.40. The van der Waals surface area contributed by atoms with Gasteiger partial charge in [0.2, 0.25) is 16.2 Å². The van der Waals surface area contributed by atoms with Crippen LogP contribution in [-0.4, -0.2) is 63.1 Å². The van der Waals surface area contributed by atoms with E-state index in [1.54, 1.807) is 13.8 Å². The Bertz CT molecular complexity index is 546. The second kappa shape index (κ2) is 7.01. The molecular weight excluding hydrogens is 300 g/mol. The summed E-state index contributed by atoms with van der Waals surface area (Å²) in [6.45, 7) is 3.61. The van der Waals surface area contributed by atoms with Gasteiger partial charge in [0.1, 0.15) is 6.04 Å². The number of carbonyl (C=O) groups is 2. The first-order chi connectivity index (χ1) is 9.69. The van der Waals surface area contributed by atoms with Crippen molar-refractivity contribution in [3.8, 4) is 0 Å². The van der Waals surface area contributed by atoms with Gasteiger partial charge in [0.15, 0.2) is 5.05 Å². The maximum absolute atomic E-state index is 12.5. The summed E-state index contributed by atoms with van der Waals surface area (Å²) >= 11 is 0. The van der Waals surface area contributed by atoms with E-state index in [0.717, 1.165) is 0 Å². The van der Waals surface area contributed by atoms with Crippen LogP contribution in [0, 0.1) is 5.41 Å². The fourth-order valence-corrected chi connectivity index (χ4v) is 2.57. The third-order valence-electron chi connectivity index (χ3n) is 3.23. The zero-order valence-corrected chi connectivity index (χ0v) is 13.1. The number of nitrogens with zero attached hydrogens (tertiary/aromatic N) is 1. The summed E-state index contributed by atoms with van der Waals surface area (Å²) in [4.78, 5) is 25.2. The molecule has 1 aliphatic rings. The van der Waals surface area contributed by atoms with Gasteiger partial charge in [-0.15, -0.1) is 0 Å². The highest BCUT2D eigenvalue weighted by atomic mass is 32.2. The van der Waals surface area contributed by atoms with Crippen LogP contribution in [0.3, 0.4) is 0 Å². The number of amides is 1. The molecular formula is C12H20N2O6S. The van der Waals surface area contributed by atoms with E-state index in [2.05, 4.69) is 4.74 Å². The Morgan fingerprint density at radius 3 is 2.62 bits per heavy atom. The summed E-state index contributed by atoms with van der Waals surface area (Å²) in [7, 11) is -1.26. The van der Waals surface area contributed by atoms with Gasteiger partial charge in [0, 0.05) is 12.0 Å². The van der Waals surface area contributed by atoms with Crippen molar-refractivity contribution in [2.24, 2.45) is 11.1 Å². The van der Waals surface area contributed by atoms with E-state index in [-0.39, 0.29) is 37.1 Å². The normalized spacial score (nSPS) is 17.3. The van der Waals surface area contributed by atoms with Crippen LogP contribution in [0.25, 0.3) is 0 Å². The number of rotatable bonds is 4. The molecule has 0 saturated carbocycles. The summed E-state index contributed by atoms with van der Waals surface area (Å²) in [6.07, 6.45) is 0.103. The van der Waals surface area contributed by atoms with Gasteiger partial charge in [-0.2, -0.15) is 8.42 Å². The number of ether oxygens (including phenoxy) is 2. The molecule has 8 nitrogen and oxygen atoms in total. The molecule has 1 unspecified atom stereocenters. The van der Waals surface area contributed by atoms with Crippen LogP contribution in [0.2, 0.25) is 0 Å². The van der Waals surface area contributed by atoms with Crippen molar-refractivity contribution < 1.29 is 27.5 Å². The number of hydrogen-bond acceptors (Lipinski definition) is 7. The number of carbonyl (C=O) groups excluding carboxylic acids is 2. The SMILES string of the molecule is COC(=O)C(N)CC(C)(C)C(=O)N1CCOC(=S(=O)=O)C1. The molecule has 9 heteroatoms. The molecule has 2 N–H and O–H groups in total. The van der Waals surface area contributed by atoms with E-state index in [4.69, 9.17) is 10.5 Å². The average molecular weight is 320 g/mol. The van der Waals surface area contributed by atoms with Crippen LogP contribution in [0.15, 0.2) is 0 Å². The number of morpholine rings is 1. The predicted octanol–water partition coefficient (Wildman–Crippen LogP) is -1.23. The van der Waals surface area contributed by atoms with Gasteiger partial charge in [-0.25, -0.2) is 0 Å². The Kier molecular flexibility index (Phi) is 5.87. The van der Waals surface area contributed by atoms with E-state index in [9.17, 15) is 18.0 Å². The third-order valence-corrected chi connectivity index (χ3v) is 3.85. The largest absolute Gasteiger partial charge is 0.468 e. The fourth-order valence-electron chi connectivity index (χ4n) is 2.12. The van der Waals surface area contributed by atoms with Crippen molar-refractivity contribution in [3.05, 3.63) is 0 Å². The molecule has 0 spiro atoms. The van der Waals surface area contributed by atoms with Crippen molar-refractivity contribution in [1.29, 1.82) is 0 Å². The first-order valence-corrected chi connectivity index (χ1v) is 7.47. The van der Waals surface area contributed by atoms with Crippen molar-refractivity contribution in [1.82, 2.24) is 4.90 Å². The summed E-state index contributed by atoms with van der Waals surface area (Å²) in [6, 6.07) is -0.910. The molecule has 0 radical (unpaired) electrons. The topological polar surface area (TPSA) is 116 Å². The lowest BCUT2D eigenvalue weighted by Crippen LogP contribution is -2.50. The Balaban J connectivity index is 2.81. The first-order valence-electron chi connectivity index (χ1n) is 6.39. The number of nitrogens with two attached hydrogens (primary N) is 1. The molecule has 120 valence electrons. The quantitative estimate of drug-likeness (QED) is 0.509. The highest BCUT2D eigenvalue weighted by Gasteiger charge is 2.37. The molecule has 1 saturated heterocycles. The molecule has 1 rings (SSSR count). The van der Waals surface area contributed by atoms with Gasteiger partial charge in [-0.3, -0.25) is 9.59 Å². The van der Waals surface area contributed by atoms with Crippen LogP contribution in [0.5, 0.6) is 0 Å². The smallest absolute Gasteiger partial charge is 0.322 e. The minimum absolute atomic E-state index is 0.103. The Morgan fingerprint density at radius 2 is 2.10 bits per heavy atom. The van der Waals surface area contributed by atoms with Crippen molar-refractivity contribution in [2.75, 3.05) is 26.8 Å². The van der Waals surface area contributed by atoms with Gasteiger partial charge < -0.3 is 20.1 Å². The summed E-state index contributed by atoms with van der Waals surface area (Å²) < 4.78 is 31.3. The number of esters is 1. The maximum atomic E-state index is 12.5. The Morgan fingerprint density at radius 1 is 1.48 bits per heavy atom. The molecule has 0 aliphatic carbocycles. The average Bonchev–Trinajstić information content (AvgIpc) is 2.45. The zero-order chi connectivity index (χ0) is 16.2. The molecule has 0 bridgehead atoms. The van der Waals surface area contributed by atoms with E-state index in [1.165, 1.54) is 12.0 Å². The van der Waals surface area contributed by atoms with Gasteiger partial charge in [-0.1, -0.05) is 13.8 Å². The first kappa shape index (κ1) is 17.6. The lowest BCUT2D eigenvalue weighted by molar-refractivity contribution is -0.146. The van der Waals surface area contributed by atoms with E-state index in [0.29, 0.717) is 0 Å². The monoisotopic (exact) mass is 320 g/mol. The lowest BCUT2D eigenvalue weighted by atomic mass is 9.84. The molecule has 1 fully saturated rings. The standard InChI is InChI=1S/C12H20N2O6S/c1-12(2,6-8(13)10(15)19-3)11(16)14-4-5-20-9(7-14)21(17)18/h8H,4-7,13H2,1-3H3. The van der Waals surface area contributed by atoms with Gasteiger partial charge in [0.25, 0.3) is 0 Å². The van der Waals surface area contributed by atoms with Crippen LogP contribution >= 0.6 is 0 Å². The minimum Gasteiger partial charge on any atom is -0.468 e. The van der Waals surface area contributed by atoms with E-state index in [1.807, 2.05) is 0 Å². The van der Waals surface area contributed by atoms with Crippen molar-refractivity contribution in [2.45, 2.75) is 26.3 Å². The second-order valence-corrected chi connectivity index (χ2v) is 6.32. The minimum atomic E-state index is -2.48. The third kappa shape index (κ3) is 4.51. The summed E-state index contributed by atoms with van der Waals surface area (Å²) in [5.41, 5.74) is 4.77. The number of methoxy groups -OCH3 is 1. The molecule has 1 heterocycles. The highest BCUT2D eigenvalue weighted by molar-refractivity contribution is 7.72. The molecule has 0 aromatic rings. The van der Waals surface area contributed by atoms with Crippen LogP contribution in [-0.2, 0) is 29.4 Å². The summed E-state index contributed by atoms with van der Waals surface area (Å²) in [5, 5.41) is -0.164. The van der Waals surface area contributed by atoms with E-state index < -0.39 is 27.7 Å². The Hall–Kier alpha value is -1.45. The maximum Gasteiger partial charge on any atom is 0.322 e. The van der Waals surface area contributed by atoms with Gasteiger partial charge >= 0.3 is 5.97 Å². The Labute approximate surface area is 124 Å². The number of hydrogen-bond donors (Lipinski definition) is 1. The fraction of sp³-hybridized carbons (Fsp3) is 0.750. The van der Waals surface area contributed by atoms with Crippen LogP contribution in [0.4, 0.5) is 0 Å². The van der Waals surface area contributed by atoms with Crippen LogP contribution in [0.1, 0.15) is 20.3 Å². The molecule has 0 aromatic carbocycles. The lowest BCUT2D eigenvalue weighted by Gasteiger charge is -2.34. The molecule has 1 amide bonds. The predicted molar refractivity (Wildman–Crippen MR) is 74.8 cm³/mol. The van der Waals surface area contributed by atoms with E-state index >= 15 is 0 Å². The van der Waals surface area contributed by atoms with Gasteiger partial charge in [-0.05, 0) is 6.42 Å². The summed E-state index contributed by atoms with van der Waals surface area (Å²) in [5.74, 6) is -0.876. The van der Waals surface area contributed by atoms with Gasteiger partial charge in [0.05, 0.1) is 20.3 Å². The van der Waals surface area contributed by atoms with Crippen molar-refractivity contribution >= 4 is 27.2 Å². The zero-order valence-electron chi connectivity index (χ0n) is 12.3. The molecule has 1 atom stereocenters.